The van der Waals surface area contributed by atoms with Gasteiger partial charge in [-0.05, 0) is 50.2 Å². The minimum atomic E-state index is 0.196. The monoisotopic (exact) mass is 355 g/mol. The van der Waals surface area contributed by atoms with Crippen LogP contribution in [0.4, 0.5) is 0 Å². The van der Waals surface area contributed by atoms with Crippen molar-refractivity contribution in [3.63, 3.8) is 0 Å². The Bertz CT molecular complexity index is 1010. The Balaban J connectivity index is 1.68. The molecule has 0 unspecified atom stereocenters. The molecule has 3 aromatic carbocycles. The summed E-state index contributed by atoms with van der Waals surface area (Å²) in [6.45, 7) is 4.16. The first-order valence-electron chi connectivity index (χ1n) is 9.06. The molecule has 134 valence electrons. The van der Waals surface area contributed by atoms with E-state index in [2.05, 4.69) is 26.0 Å². The van der Waals surface area contributed by atoms with Crippen LogP contribution >= 0.6 is 0 Å². The number of hydrogen-bond donors (Lipinski definition) is 0. The van der Waals surface area contributed by atoms with Gasteiger partial charge in [0.25, 0.3) is 0 Å². The van der Waals surface area contributed by atoms with Crippen LogP contribution in [-0.4, -0.2) is 15.0 Å². The third kappa shape index (κ3) is 3.75. The topological polar surface area (TPSA) is 39.9 Å². The largest absolute Gasteiger partial charge is 0.457 e. The number of hydrogen-bond acceptors (Lipinski definition) is 3. The highest BCUT2D eigenvalue weighted by atomic mass is 16.5. The van der Waals surface area contributed by atoms with Crippen LogP contribution in [0.15, 0.2) is 84.9 Å². The second kappa shape index (κ2) is 7.46. The molecular weight excluding hydrogens is 334 g/mol. The summed E-state index contributed by atoms with van der Waals surface area (Å²) in [5, 5.41) is 9.46. The SMILES string of the molecule is CC(C)n1nc(-c2ccccc2)c(-c2ccc(Oc3ccccc3)cc2)n1. The lowest BCUT2D eigenvalue weighted by Crippen LogP contribution is -2.04. The number of para-hydroxylation sites is 1. The highest BCUT2D eigenvalue weighted by Gasteiger charge is 2.16. The van der Waals surface area contributed by atoms with Gasteiger partial charge in [0.15, 0.2) is 0 Å². The molecule has 0 amide bonds. The fourth-order valence-electron chi connectivity index (χ4n) is 2.84. The molecular formula is C23H21N3O. The Morgan fingerprint density at radius 1 is 0.630 bits per heavy atom. The summed E-state index contributed by atoms with van der Waals surface area (Å²) in [7, 11) is 0. The van der Waals surface area contributed by atoms with E-state index >= 15 is 0 Å². The Kier molecular flexibility index (Phi) is 4.71. The van der Waals surface area contributed by atoms with Crippen molar-refractivity contribution in [1.29, 1.82) is 0 Å². The molecule has 0 aliphatic carbocycles. The summed E-state index contributed by atoms with van der Waals surface area (Å²) in [5.41, 5.74) is 3.84. The third-order valence-corrected chi connectivity index (χ3v) is 4.24. The van der Waals surface area contributed by atoms with Crippen molar-refractivity contribution in [1.82, 2.24) is 15.0 Å². The summed E-state index contributed by atoms with van der Waals surface area (Å²) >= 11 is 0. The fourth-order valence-corrected chi connectivity index (χ4v) is 2.84. The molecule has 0 aliphatic heterocycles. The Hall–Kier alpha value is -3.40. The summed E-state index contributed by atoms with van der Waals surface area (Å²) < 4.78 is 5.89. The maximum absolute atomic E-state index is 5.89. The molecule has 0 radical (unpaired) electrons. The summed E-state index contributed by atoms with van der Waals surface area (Å²) in [6, 6.07) is 28.1. The summed E-state index contributed by atoms with van der Waals surface area (Å²) in [4.78, 5) is 1.77. The van der Waals surface area contributed by atoms with Crippen LogP contribution in [-0.2, 0) is 0 Å². The van der Waals surface area contributed by atoms with Gasteiger partial charge in [0.2, 0.25) is 0 Å². The van der Waals surface area contributed by atoms with Crippen molar-refractivity contribution < 1.29 is 4.74 Å². The average Bonchev–Trinajstić information content (AvgIpc) is 3.16. The molecule has 0 bridgehead atoms. The summed E-state index contributed by atoms with van der Waals surface area (Å²) in [5.74, 6) is 1.61. The van der Waals surface area contributed by atoms with Crippen molar-refractivity contribution in [2.75, 3.05) is 0 Å². The van der Waals surface area contributed by atoms with Crippen LogP contribution in [0.25, 0.3) is 22.5 Å². The van der Waals surface area contributed by atoms with E-state index in [1.807, 2.05) is 72.8 Å². The molecule has 4 aromatic rings. The molecule has 27 heavy (non-hydrogen) atoms. The lowest BCUT2D eigenvalue weighted by molar-refractivity contribution is 0.468. The second-order valence-corrected chi connectivity index (χ2v) is 6.62. The van der Waals surface area contributed by atoms with Gasteiger partial charge in [-0.1, -0.05) is 48.5 Å². The zero-order valence-electron chi connectivity index (χ0n) is 15.4. The molecule has 0 N–H and O–H groups in total. The van der Waals surface area contributed by atoms with Gasteiger partial charge in [-0.3, -0.25) is 0 Å². The molecule has 4 nitrogen and oxygen atoms in total. The van der Waals surface area contributed by atoms with Crippen molar-refractivity contribution in [3.05, 3.63) is 84.9 Å². The van der Waals surface area contributed by atoms with E-state index in [1.54, 1.807) is 4.80 Å². The van der Waals surface area contributed by atoms with Crippen LogP contribution in [0.3, 0.4) is 0 Å². The van der Waals surface area contributed by atoms with E-state index in [9.17, 15) is 0 Å². The second-order valence-electron chi connectivity index (χ2n) is 6.62. The molecule has 4 rings (SSSR count). The fraction of sp³-hybridized carbons (Fsp3) is 0.130. The number of benzene rings is 3. The minimum Gasteiger partial charge on any atom is -0.457 e. The Morgan fingerprint density at radius 2 is 1.11 bits per heavy atom. The number of aromatic nitrogens is 3. The van der Waals surface area contributed by atoms with Gasteiger partial charge in [-0.15, -0.1) is 0 Å². The van der Waals surface area contributed by atoms with Crippen molar-refractivity contribution in [3.8, 4) is 34.0 Å². The van der Waals surface area contributed by atoms with Crippen LogP contribution in [0, 0.1) is 0 Å². The maximum Gasteiger partial charge on any atom is 0.127 e. The molecule has 1 aromatic heterocycles. The lowest BCUT2D eigenvalue weighted by Gasteiger charge is -2.06. The number of rotatable bonds is 5. The molecule has 0 fully saturated rings. The van der Waals surface area contributed by atoms with E-state index < -0.39 is 0 Å². The van der Waals surface area contributed by atoms with Gasteiger partial charge >= 0.3 is 0 Å². The van der Waals surface area contributed by atoms with E-state index in [4.69, 9.17) is 14.9 Å². The van der Waals surface area contributed by atoms with E-state index in [0.717, 1.165) is 34.0 Å². The molecule has 0 atom stereocenters. The average molecular weight is 355 g/mol. The maximum atomic E-state index is 5.89. The van der Waals surface area contributed by atoms with Crippen molar-refractivity contribution in [2.24, 2.45) is 0 Å². The summed E-state index contributed by atoms with van der Waals surface area (Å²) in [6.07, 6.45) is 0. The number of ether oxygens (including phenoxy) is 1. The highest BCUT2D eigenvalue weighted by Crippen LogP contribution is 2.31. The van der Waals surface area contributed by atoms with Crippen LogP contribution in [0.1, 0.15) is 19.9 Å². The molecule has 0 saturated heterocycles. The molecule has 0 saturated carbocycles. The first-order valence-corrected chi connectivity index (χ1v) is 9.06. The quantitative estimate of drug-likeness (QED) is 0.442. The molecule has 4 heteroatoms. The standard InChI is InChI=1S/C23H21N3O/c1-17(2)26-24-22(18-9-5-3-6-10-18)23(25-26)19-13-15-21(16-14-19)27-20-11-7-4-8-12-20/h3-17H,1-2H3. The van der Waals surface area contributed by atoms with Gasteiger partial charge in [-0.2, -0.15) is 15.0 Å². The zero-order valence-corrected chi connectivity index (χ0v) is 15.4. The lowest BCUT2D eigenvalue weighted by atomic mass is 10.1. The van der Waals surface area contributed by atoms with E-state index in [-0.39, 0.29) is 6.04 Å². The van der Waals surface area contributed by atoms with Crippen LogP contribution in [0.5, 0.6) is 11.5 Å². The predicted molar refractivity (Wildman–Crippen MR) is 108 cm³/mol. The van der Waals surface area contributed by atoms with Crippen LogP contribution in [0.2, 0.25) is 0 Å². The third-order valence-electron chi connectivity index (χ3n) is 4.24. The Labute approximate surface area is 159 Å². The van der Waals surface area contributed by atoms with Crippen LogP contribution < -0.4 is 4.74 Å². The van der Waals surface area contributed by atoms with Gasteiger partial charge in [-0.25, -0.2) is 0 Å². The first kappa shape index (κ1) is 17.0. The van der Waals surface area contributed by atoms with E-state index in [0.29, 0.717) is 0 Å². The van der Waals surface area contributed by atoms with Gasteiger partial charge < -0.3 is 4.74 Å². The highest BCUT2D eigenvalue weighted by molar-refractivity contribution is 5.77. The Morgan fingerprint density at radius 3 is 1.67 bits per heavy atom. The predicted octanol–water partition coefficient (Wildman–Crippen LogP) is 5.99. The number of nitrogens with zero attached hydrogens (tertiary/aromatic N) is 3. The molecule has 0 spiro atoms. The zero-order chi connectivity index (χ0) is 18.6. The molecule has 0 aliphatic rings. The van der Waals surface area contributed by atoms with Crippen molar-refractivity contribution >= 4 is 0 Å². The molecule has 1 heterocycles. The smallest absolute Gasteiger partial charge is 0.127 e. The first-order chi connectivity index (χ1) is 13.2. The normalized spacial score (nSPS) is 10.9. The minimum absolute atomic E-state index is 0.196. The van der Waals surface area contributed by atoms with Gasteiger partial charge in [0, 0.05) is 11.1 Å². The van der Waals surface area contributed by atoms with Gasteiger partial charge in [0.05, 0.1) is 6.04 Å². The van der Waals surface area contributed by atoms with Gasteiger partial charge in [0.1, 0.15) is 22.9 Å². The van der Waals surface area contributed by atoms with Crippen molar-refractivity contribution in [2.45, 2.75) is 19.9 Å². The van der Waals surface area contributed by atoms with E-state index in [1.165, 1.54) is 0 Å².